The summed E-state index contributed by atoms with van der Waals surface area (Å²) in [7, 11) is 0. The molecule has 0 aromatic rings. The van der Waals surface area contributed by atoms with Crippen LogP contribution in [0.15, 0.2) is 0 Å². The van der Waals surface area contributed by atoms with Crippen LogP contribution in [-0.2, 0) is 9.59 Å². The normalized spacial score (nSPS) is 12.3. The molecule has 0 heterocycles. The van der Waals surface area contributed by atoms with Gasteiger partial charge in [-0.05, 0) is 20.8 Å². The summed E-state index contributed by atoms with van der Waals surface area (Å²) < 4.78 is 0. The first kappa shape index (κ1) is 17.4. The van der Waals surface area contributed by atoms with E-state index in [-0.39, 0.29) is 83.3 Å². The van der Waals surface area contributed by atoms with Crippen molar-refractivity contribution in [1.82, 2.24) is 10.6 Å². The van der Waals surface area contributed by atoms with E-state index in [1.807, 2.05) is 20.8 Å². The fraction of sp³-hybridized carbons (Fsp3) is 0.750. The minimum Gasteiger partial charge on any atom is -0.394 e. The van der Waals surface area contributed by atoms with Gasteiger partial charge in [-0.1, -0.05) is 0 Å². The zero-order valence-corrected chi connectivity index (χ0v) is 11.2. The number of carbonyl (C=O) groups is 2. The molecule has 0 rings (SSSR count). The van der Waals surface area contributed by atoms with Crippen molar-refractivity contribution in [3.8, 4) is 0 Å². The smallest absolute Gasteiger partial charge is 0.245 e. The van der Waals surface area contributed by atoms with Crippen molar-refractivity contribution < 1.29 is 86.6 Å². The van der Waals surface area contributed by atoms with Gasteiger partial charge in [-0.25, -0.2) is 0 Å². The molecule has 6 heteroatoms. The first-order valence-corrected chi connectivity index (χ1v) is 4.03. The van der Waals surface area contributed by atoms with Gasteiger partial charge in [-0.15, -0.1) is 0 Å². The van der Waals surface area contributed by atoms with Gasteiger partial charge < -0.3 is 15.7 Å². The Balaban J connectivity index is 0. The summed E-state index contributed by atoms with van der Waals surface area (Å²) in [6.45, 7) is 5.06. The number of hydrogen-bond donors (Lipinski definition) is 3. The minimum absolute atomic E-state index is 0. The average Bonchev–Trinajstić information content (AvgIpc) is 1.96. The fourth-order valence-electron chi connectivity index (χ4n) is 0.750. The molecule has 0 saturated carbocycles. The van der Waals surface area contributed by atoms with Gasteiger partial charge in [0, 0.05) is 77.4 Å². The van der Waals surface area contributed by atoms with Crippen LogP contribution in [0.2, 0.25) is 0 Å². The molecule has 0 saturated heterocycles. The Morgan fingerprint density at radius 1 is 1.50 bits per heavy atom. The summed E-state index contributed by atoms with van der Waals surface area (Å²) in [4.78, 5) is 21.3. The Morgan fingerprint density at radius 2 is 2.00 bits per heavy atom. The van der Waals surface area contributed by atoms with Gasteiger partial charge in [-0.3, -0.25) is 9.59 Å². The predicted molar refractivity (Wildman–Crippen MR) is 48.0 cm³/mol. The van der Waals surface area contributed by atoms with Gasteiger partial charge in [0.1, 0.15) is 6.04 Å². The summed E-state index contributed by atoms with van der Waals surface area (Å²) in [5.41, 5.74) is -0.366. The zero-order chi connectivity index (χ0) is 10.5. The topological polar surface area (TPSA) is 78.4 Å². The van der Waals surface area contributed by atoms with E-state index in [2.05, 4.69) is 10.6 Å². The Labute approximate surface area is 146 Å². The molecule has 0 radical (unpaired) electrons. The molecule has 0 aromatic carbocycles. The Bertz CT molecular complexity index is 192. The van der Waals surface area contributed by atoms with Gasteiger partial charge in [0.25, 0.3) is 0 Å². The number of nitrogens with one attached hydrogen (secondary N) is 2. The summed E-state index contributed by atoms with van der Waals surface area (Å²) in [5, 5.41) is 13.6. The summed E-state index contributed by atoms with van der Waals surface area (Å²) in [6.07, 6.45) is 0.392. The molecule has 2 amide bonds. The first-order chi connectivity index (χ1) is 5.90. The monoisotopic (exact) mass is 410 g/mol. The quantitative estimate of drug-likeness (QED) is 0.521. The second-order valence-electron chi connectivity index (χ2n) is 3.76. The van der Waals surface area contributed by atoms with E-state index in [0.29, 0.717) is 6.41 Å². The molecular formula is C8H16N2O3Rn. The summed E-state index contributed by atoms with van der Waals surface area (Å²) in [5.74, 6) is -0.387. The first-order valence-electron chi connectivity index (χ1n) is 4.03. The van der Waals surface area contributed by atoms with Crippen LogP contribution < -0.4 is 10.6 Å². The standard InChI is InChI=1S/C8H16N2O3.Rn/c1-8(2,3)10-7(13)6(4-11)9-5-12;/h5-6,11H,4H2,1-3H3,(H,9,12)(H,10,13);/t6-;/m0./s1. The molecule has 0 spiro atoms. The number of rotatable bonds is 4. The van der Waals surface area contributed by atoms with Crippen molar-refractivity contribution in [2.24, 2.45) is 0 Å². The average molecular weight is 410 g/mol. The Morgan fingerprint density at radius 3 is 2.29 bits per heavy atom. The van der Waals surface area contributed by atoms with E-state index in [4.69, 9.17) is 5.11 Å². The van der Waals surface area contributed by atoms with Gasteiger partial charge in [0.15, 0.2) is 0 Å². The second kappa shape index (κ2) is 8.20. The Hall–Kier alpha value is 1.02. The van der Waals surface area contributed by atoms with Crippen LogP contribution in [0.25, 0.3) is 0 Å². The molecule has 0 aliphatic heterocycles. The summed E-state index contributed by atoms with van der Waals surface area (Å²) >= 11 is 0. The maximum absolute atomic E-state index is 11.3. The van der Waals surface area contributed by atoms with E-state index >= 15 is 0 Å². The molecule has 3 N–H and O–H groups in total. The molecule has 0 aliphatic rings. The van der Waals surface area contributed by atoms with Crippen LogP contribution in [0, 0.1) is 71.9 Å². The molecule has 0 bridgehead atoms. The van der Waals surface area contributed by atoms with Crippen molar-refractivity contribution in [2.75, 3.05) is 6.61 Å². The van der Waals surface area contributed by atoms with Gasteiger partial charge >= 0.3 is 0 Å². The van der Waals surface area contributed by atoms with Crippen LogP contribution >= 0.6 is 0 Å². The Kier molecular flexibility index (Phi) is 10.2. The third-order valence-electron chi connectivity index (χ3n) is 1.27. The van der Waals surface area contributed by atoms with Crippen molar-refractivity contribution in [2.45, 2.75) is 32.4 Å². The van der Waals surface area contributed by atoms with E-state index in [0.717, 1.165) is 0 Å². The maximum atomic E-state index is 11.3. The molecule has 0 unspecified atom stereocenters. The van der Waals surface area contributed by atoms with E-state index in [1.165, 1.54) is 0 Å². The molecule has 1 atom stereocenters. The zero-order valence-electron chi connectivity index (χ0n) is 8.48. The van der Waals surface area contributed by atoms with Gasteiger partial charge in [0.05, 0.1) is 6.61 Å². The summed E-state index contributed by atoms with van der Waals surface area (Å²) in [6, 6.07) is -0.864. The third-order valence-corrected chi connectivity index (χ3v) is 1.27. The SMILES string of the molecule is CC(C)(C)NC(=O)[C@H](CO)NC=O.[Rn]. The molecule has 0 aromatic heterocycles. The largest absolute Gasteiger partial charge is 0.394 e. The predicted octanol–water partition coefficient (Wildman–Crippen LogP) is -0.992. The maximum Gasteiger partial charge on any atom is 0.245 e. The van der Waals surface area contributed by atoms with Crippen LogP contribution in [0.4, 0.5) is 0 Å². The number of amides is 2. The number of hydrogen-bond acceptors (Lipinski definition) is 3. The molecule has 0 aliphatic carbocycles. The van der Waals surface area contributed by atoms with E-state index in [1.54, 1.807) is 0 Å². The van der Waals surface area contributed by atoms with Crippen molar-refractivity contribution in [3.63, 3.8) is 0 Å². The van der Waals surface area contributed by atoms with Gasteiger partial charge in [-0.2, -0.15) is 0 Å². The number of aliphatic hydroxyl groups excluding tert-OH is 1. The van der Waals surface area contributed by atoms with Crippen LogP contribution in [-0.4, -0.2) is 35.6 Å². The molecule has 5 nitrogen and oxygen atoms in total. The van der Waals surface area contributed by atoms with Crippen LogP contribution in [0.1, 0.15) is 20.8 Å². The van der Waals surface area contributed by atoms with Crippen LogP contribution in [0.3, 0.4) is 0 Å². The van der Waals surface area contributed by atoms with Crippen molar-refractivity contribution in [1.29, 1.82) is 0 Å². The third kappa shape index (κ3) is 8.34. The van der Waals surface area contributed by atoms with E-state index in [9.17, 15) is 9.59 Å². The van der Waals surface area contributed by atoms with E-state index < -0.39 is 12.6 Å². The fourth-order valence-corrected chi connectivity index (χ4v) is 0.750. The number of aliphatic hydroxyl groups is 1. The number of carbonyl (C=O) groups excluding carboxylic acids is 2. The molecular weight excluding hydrogens is 394 g/mol. The van der Waals surface area contributed by atoms with Crippen molar-refractivity contribution >= 4 is 12.3 Å². The molecule has 84 valence electrons. The minimum atomic E-state index is -0.864. The van der Waals surface area contributed by atoms with Crippen molar-refractivity contribution in [3.05, 3.63) is 0 Å². The van der Waals surface area contributed by atoms with Crippen LogP contribution in [0.5, 0.6) is 0 Å². The molecule has 14 heavy (non-hydrogen) atoms. The van der Waals surface area contributed by atoms with Gasteiger partial charge in [0.2, 0.25) is 12.3 Å². The molecule has 0 fully saturated rings. The second-order valence-corrected chi connectivity index (χ2v) is 3.76.